The highest BCUT2D eigenvalue weighted by Gasteiger charge is 2.37. The lowest BCUT2D eigenvalue weighted by molar-refractivity contribution is -0.122. The van der Waals surface area contributed by atoms with Gasteiger partial charge < -0.3 is 9.47 Å². The van der Waals surface area contributed by atoms with E-state index in [1.165, 1.54) is 11.6 Å². The van der Waals surface area contributed by atoms with Crippen molar-refractivity contribution in [2.24, 2.45) is 0 Å². The molecule has 8 heteroatoms. The summed E-state index contributed by atoms with van der Waals surface area (Å²) in [6.45, 7) is 6.76. The predicted octanol–water partition coefficient (Wildman–Crippen LogP) is 5.71. The number of nitrogens with zero attached hydrogens (tertiary/aromatic N) is 1. The molecule has 4 rings (SSSR count). The van der Waals surface area contributed by atoms with E-state index in [-0.39, 0.29) is 5.57 Å². The fraction of sp³-hybridized carbons (Fsp3) is 0.179. The van der Waals surface area contributed by atoms with Crippen molar-refractivity contribution in [2.75, 3.05) is 11.5 Å². The molecule has 1 aliphatic heterocycles. The third-order valence-electron chi connectivity index (χ3n) is 5.74. The van der Waals surface area contributed by atoms with Crippen LogP contribution in [0.4, 0.5) is 10.5 Å². The molecule has 4 amide bonds. The summed E-state index contributed by atoms with van der Waals surface area (Å²) in [7, 11) is 0. The van der Waals surface area contributed by atoms with E-state index in [0.29, 0.717) is 36.0 Å². The number of hydrogen-bond donors (Lipinski definition) is 1. The maximum Gasteiger partial charge on any atom is 0.335 e. The van der Waals surface area contributed by atoms with Crippen molar-refractivity contribution >= 4 is 45.5 Å². The van der Waals surface area contributed by atoms with Gasteiger partial charge in [-0.25, -0.2) is 9.69 Å². The number of hydrogen-bond acceptors (Lipinski definition) is 5. The number of barbiturate groups is 1. The van der Waals surface area contributed by atoms with Crippen LogP contribution in [0.2, 0.25) is 0 Å². The first-order chi connectivity index (χ1) is 17.3. The van der Waals surface area contributed by atoms with Crippen molar-refractivity contribution in [1.29, 1.82) is 0 Å². The van der Waals surface area contributed by atoms with Crippen LogP contribution in [0.15, 0.2) is 70.7 Å². The summed E-state index contributed by atoms with van der Waals surface area (Å²) in [5, 5.41) is 2.25. The lowest BCUT2D eigenvalue weighted by Crippen LogP contribution is -2.54. The van der Waals surface area contributed by atoms with E-state index >= 15 is 0 Å². The van der Waals surface area contributed by atoms with E-state index in [9.17, 15) is 14.4 Å². The summed E-state index contributed by atoms with van der Waals surface area (Å²) in [5.74, 6) is -0.396. The summed E-state index contributed by atoms with van der Waals surface area (Å²) in [5.41, 5.74) is 4.02. The first-order valence-electron chi connectivity index (χ1n) is 11.4. The smallest absolute Gasteiger partial charge is 0.335 e. The number of nitrogens with one attached hydrogen (secondary N) is 1. The van der Waals surface area contributed by atoms with Crippen molar-refractivity contribution < 1.29 is 23.9 Å². The lowest BCUT2D eigenvalue weighted by Gasteiger charge is -2.26. The Balaban J connectivity index is 1.64. The fourth-order valence-electron chi connectivity index (χ4n) is 3.72. The quantitative estimate of drug-likeness (QED) is 0.302. The van der Waals surface area contributed by atoms with E-state index in [0.717, 1.165) is 20.5 Å². The molecule has 0 bridgehead atoms. The topological polar surface area (TPSA) is 84.9 Å². The third-order valence-corrected chi connectivity index (χ3v) is 6.24. The average molecular weight is 549 g/mol. The zero-order valence-electron chi connectivity index (χ0n) is 20.1. The van der Waals surface area contributed by atoms with Gasteiger partial charge in [0.05, 0.1) is 12.3 Å². The highest BCUT2D eigenvalue weighted by atomic mass is 79.9. The number of rotatable bonds is 7. The molecule has 1 fully saturated rings. The molecule has 0 unspecified atom stereocenters. The van der Waals surface area contributed by atoms with Crippen LogP contribution < -0.4 is 19.7 Å². The Kier molecular flexibility index (Phi) is 7.55. The van der Waals surface area contributed by atoms with Gasteiger partial charge in [-0.2, -0.15) is 0 Å². The van der Waals surface area contributed by atoms with Crippen LogP contribution in [0.25, 0.3) is 6.08 Å². The molecular formula is C28H25BrN2O5. The second-order valence-corrected chi connectivity index (χ2v) is 9.19. The monoisotopic (exact) mass is 548 g/mol. The SMILES string of the molecule is CCOc1ccc(N2C(=O)NC(=O)/C(=C\c3cc(Br)ccc3OCc3ccc(C)c(C)c3)C2=O)cc1. The molecule has 0 radical (unpaired) electrons. The Bertz CT molecular complexity index is 1360. The molecule has 0 atom stereocenters. The van der Waals surface area contributed by atoms with Crippen LogP contribution in [-0.4, -0.2) is 24.5 Å². The molecule has 36 heavy (non-hydrogen) atoms. The zero-order valence-corrected chi connectivity index (χ0v) is 21.7. The summed E-state index contributed by atoms with van der Waals surface area (Å²) < 4.78 is 12.2. The molecule has 184 valence electrons. The van der Waals surface area contributed by atoms with Crippen LogP contribution in [0, 0.1) is 13.8 Å². The van der Waals surface area contributed by atoms with Gasteiger partial charge in [0.15, 0.2) is 0 Å². The minimum atomic E-state index is -0.813. The number of imide groups is 2. The Hall–Kier alpha value is -3.91. The number of anilines is 1. The van der Waals surface area contributed by atoms with Crippen molar-refractivity contribution in [3.63, 3.8) is 0 Å². The molecule has 1 aliphatic rings. The van der Waals surface area contributed by atoms with E-state index in [2.05, 4.69) is 27.3 Å². The molecule has 7 nitrogen and oxygen atoms in total. The third kappa shape index (κ3) is 5.49. The lowest BCUT2D eigenvalue weighted by atomic mass is 10.1. The van der Waals surface area contributed by atoms with E-state index in [1.54, 1.807) is 36.4 Å². The number of amides is 4. The Morgan fingerprint density at radius 3 is 2.36 bits per heavy atom. The van der Waals surface area contributed by atoms with E-state index in [4.69, 9.17) is 9.47 Å². The molecule has 0 aromatic heterocycles. The van der Waals surface area contributed by atoms with Crippen molar-refractivity contribution in [1.82, 2.24) is 5.32 Å². The second-order valence-electron chi connectivity index (χ2n) is 8.27. The highest BCUT2D eigenvalue weighted by Crippen LogP contribution is 2.29. The maximum atomic E-state index is 13.3. The number of aryl methyl sites for hydroxylation is 2. The first-order valence-corrected chi connectivity index (χ1v) is 12.2. The minimum Gasteiger partial charge on any atom is -0.494 e. The minimum absolute atomic E-state index is 0.183. The first kappa shape index (κ1) is 25.2. The van der Waals surface area contributed by atoms with Gasteiger partial charge in [0.2, 0.25) is 0 Å². The Morgan fingerprint density at radius 2 is 1.67 bits per heavy atom. The fourth-order valence-corrected chi connectivity index (χ4v) is 4.10. The number of carbonyl (C=O) groups excluding carboxylic acids is 3. The molecule has 0 aliphatic carbocycles. The van der Waals surface area contributed by atoms with Crippen molar-refractivity contribution in [3.8, 4) is 11.5 Å². The Labute approximate surface area is 217 Å². The van der Waals surface area contributed by atoms with Gasteiger partial charge >= 0.3 is 6.03 Å². The molecule has 3 aromatic carbocycles. The van der Waals surface area contributed by atoms with Crippen LogP contribution in [-0.2, 0) is 16.2 Å². The number of ether oxygens (including phenoxy) is 2. The number of halogens is 1. The summed E-state index contributed by atoms with van der Waals surface area (Å²) >= 11 is 3.44. The van der Waals surface area contributed by atoms with Crippen LogP contribution in [0.1, 0.15) is 29.2 Å². The van der Waals surface area contributed by atoms with Gasteiger partial charge in [-0.3, -0.25) is 14.9 Å². The second kappa shape index (κ2) is 10.8. The van der Waals surface area contributed by atoms with Gasteiger partial charge in [-0.1, -0.05) is 34.1 Å². The maximum absolute atomic E-state index is 13.3. The van der Waals surface area contributed by atoms with Gasteiger partial charge in [0, 0.05) is 10.0 Å². The Morgan fingerprint density at radius 1 is 0.917 bits per heavy atom. The summed E-state index contributed by atoms with van der Waals surface area (Å²) in [4.78, 5) is 39.4. The summed E-state index contributed by atoms with van der Waals surface area (Å²) in [6, 6.07) is 17.1. The standard InChI is InChI=1S/C28H25BrN2O5/c1-4-35-23-10-8-22(9-11-23)31-27(33)24(26(32)30-28(31)34)15-20-14-21(29)7-12-25(20)36-16-19-6-5-17(2)18(3)13-19/h5-15H,4,16H2,1-3H3,(H,30,32,34)/b24-15+. The molecule has 3 aromatic rings. The molecule has 1 heterocycles. The number of urea groups is 1. The number of carbonyl (C=O) groups is 3. The van der Waals surface area contributed by atoms with Crippen LogP contribution >= 0.6 is 15.9 Å². The number of benzene rings is 3. The zero-order chi connectivity index (χ0) is 25.8. The van der Waals surface area contributed by atoms with Crippen LogP contribution in [0.5, 0.6) is 11.5 Å². The molecular weight excluding hydrogens is 524 g/mol. The van der Waals surface area contributed by atoms with Gasteiger partial charge in [0.25, 0.3) is 11.8 Å². The largest absolute Gasteiger partial charge is 0.494 e. The summed E-state index contributed by atoms with van der Waals surface area (Å²) in [6.07, 6.45) is 1.44. The van der Waals surface area contributed by atoms with Crippen LogP contribution in [0.3, 0.4) is 0 Å². The van der Waals surface area contributed by atoms with E-state index in [1.807, 2.05) is 39.0 Å². The molecule has 1 saturated heterocycles. The van der Waals surface area contributed by atoms with Gasteiger partial charge in [-0.05, 0) is 86.0 Å². The molecule has 1 N–H and O–H groups in total. The van der Waals surface area contributed by atoms with Gasteiger partial charge in [-0.15, -0.1) is 0 Å². The van der Waals surface area contributed by atoms with Gasteiger partial charge in [0.1, 0.15) is 23.7 Å². The van der Waals surface area contributed by atoms with Crippen molar-refractivity contribution in [3.05, 3.63) is 93.0 Å². The van der Waals surface area contributed by atoms with E-state index < -0.39 is 17.8 Å². The average Bonchev–Trinajstić information content (AvgIpc) is 2.84. The predicted molar refractivity (Wildman–Crippen MR) is 141 cm³/mol. The molecule has 0 saturated carbocycles. The highest BCUT2D eigenvalue weighted by molar-refractivity contribution is 9.10. The molecule has 0 spiro atoms. The van der Waals surface area contributed by atoms with Crippen molar-refractivity contribution in [2.45, 2.75) is 27.4 Å². The normalized spacial score (nSPS) is 14.7.